The predicted octanol–water partition coefficient (Wildman–Crippen LogP) is 2.00. The van der Waals surface area contributed by atoms with Crippen LogP contribution in [0.15, 0.2) is 24.3 Å². The molecule has 2 atom stereocenters. The molecule has 5 nitrogen and oxygen atoms in total. The molecule has 1 aromatic carbocycles. The zero-order valence-corrected chi connectivity index (χ0v) is 14.9. The van der Waals surface area contributed by atoms with Crippen LogP contribution in [0.4, 0.5) is 0 Å². The molecular weight excluding hydrogens is 328 g/mol. The van der Waals surface area contributed by atoms with Crippen LogP contribution in [-0.2, 0) is 14.3 Å². The van der Waals surface area contributed by atoms with Crippen LogP contribution in [0.25, 0.3) is 0 Å². The highest BCUT2D eigenvalue weighted by molar-refractivity contribution is 6.30. The summed E-state index contributed by atoms with van der Waals surface area (Å²) in [5.74, 6) is 0.198. The summed E-state index contributed by atoms with van der Waals surface area (Å²) in [6.07, 6.45) is 0. The van der Waals surface area contributed by atoms with Gasteiger partial charge in [-0.2, -0.15) is 0 Å². The van der Waals surface area contributed by atoms with E-state index in [-0.39, 0.29) is 17.9 Å². The highest BCUT2D eigenvalue weighted by Crippen LogP contribution is 2.30. The van der Waals surface area contributed by atoms with Crippen LogP contribution in [0.2, 0.25) is 5.02 Å². The topological polar surface area (TPSA) is 42.0 Å². The summed E-state index contributed by atoms with van der Waals surface area (Å²) in [5, 5.41) is 0.713. The fourth-order valence-electron chi connectivity index (χ4n) is 3.64. The van der Waals surface area contributed by atoms with Crippen molar-refractivity contribution in [3.63, 3.8) is 0 Å². The first-order chi connectivity index (χ1) is 11.7. The summed E-state index contributed by atoms with van der Waals surface area (Å²) in [6, 6.07) is 7.73. The lowest BCUT2D eigenvalue weighted by atomic mass is 9.93. The van der Waals surface area contributed by atoms with Crippen molar-refractivity contribution in [2.45, 2.75) is 19.0 Å². The maximum absolute atomic E-state index is 12.6. The minimum Gasteiger partial charge on any atom is -0.379 e. The molecule has 0 saturated carbocycles. The zero-order chi connectivity index (χ0) is 16.9. The Kier molecular flexibility index (Phi) is 6.25. The number of morpholine rings is 2. The van der Waals surface area contributed by atoms with Gasteiger partial charge in [0, 0.05) is 31.2 Å². The molecule has 0 spiro atoms. The van der Waals surface area contributed by atoms with E-state index in [1.54, 1.807) is 6.92 Å². The second kappa shape index (κ2) is 8.41. The number of ketones is 1. The summed E-state index contributed by atoms with van der Waals surface area (Å²) in [5.41, 5.74) is 1.13. The van der Waals surface area contributed by atoms with E-state index in [2.05, 4.69) is 9.80 Å². The molecule has 0 radical (unpaired) electrons. The third-order valence-electron chi connectivity index (χ3n) is 4.81. The minimum atomic E-state index is -0.173. The van der Waals surface area contributed by atoms with E-state index < -0.39 is 0 Å². The van der Waals surface area contributed by atoms with Gasteiger partial charge in [-0.25, -0.2) is 0 Å². The summed E-state index contributed by atoms with van der Waals surface area (Å²) < 4.78 is 11.0. The highest BCUT2D eigenvalue weighted by Gasteiger charge is 2.37. The van der Waals surface area contributed by atoms with Crippen LogP contribution in [0.3, 0.4) is 0 Å². The molecule has 2 heterocycles. The lowest BCUT2D eigenvalue weighted by Crippen LogP contribution is -2.55. The third kappa shape index (κ3) is 4.16. The van der Waals surface area contributed by atoms with Gasteiger partial charge in [-0.15, -0.1) is 0 Å². The molecule has 0 bridgehead atoms. The van der Waals surface area contributed by atoms with Crippen LogP contribution in [-0.4, -0.2) is 74.2 Å². The minimum absolute atomic E-state index is 0.0155. The largest absolute Gasteiger partial charge is 0.379 e. The molecule has 3 rings (SSSR count). The number of rotatable bonds is 5. The molecule has 1 aromatic rings. The molecule has 2 aliphatic heterocycles. The maximum Gasteiger partial charge on any atom is 0.148 e. The number of ether oxygens (including phenoxy) is 2. The van der Waals surface area contributed by atoms with Gasteiger partial charge in [-0.1, -0.05) is 23.7 Å². The quantitative estimate of drug-likeness (QED) is 0.811. The van der Waals surface area contributed by atoms with Gasteiger partial charge in [-0.05, 0) is 24.6 Å². The Morgan fingerprint density at radius 3 is 1.96 bits per heavy atom. The summed E-state index contributed by atoms with van der Waals surface area (Å²) in [7, 11) is 0. The number of carbonyl (C=O) groups is 1. The number of hydrogen-bond donors (Lipinski definition) is 0. The molecule has 0 amide bonds. The summed E-state index contributed by atoms with van der Waals surface area (Å²) in [6.45, 7) is 7.72. The molecule has 0 N–H and O–H groups in total. The van der Waals surface area contributed by atoms with E-state index >= 15 is 0 Å². The van der Waals surface area contributed by atoms with Crippen molar-refractivity contribution < 1.29 is 14.3 Å². The number of carbonyl (C=O) groups excluding carboxylic acids is 1. The number of Topliss-reactive ketones (excluding diaryl/α,β-unsaturated/α-hetero) is 1. The Bertz CT molecular complexity index is 540. The Morgan fingerprint density at radius 2 is 1.46 bits per heavy atom. The number of halogens is 1. The van der Waals surface area contributed by atoms with Gasteiger partial charge in [0.25, 0.3) is 0 Å². The molecule has 2 aliphatic rings. The fraction of sp³-hybridized carbons (Fsp3) is 0.611. The molecule has 0 aromatic heterocycles. The normalized spacial score (nSPS) is 22.9. The van der Waals surface area contributed by atoms with Crippen LogP contribution in [0.1, 0.15) is 18.5 Å². The molecular formula is C18H25ClN2O3. The van der Waals surface area contributed by atoms with Crippen LogP contribution in [0, 0.1) is 0 Å². The number of nitrogens with zero attached hydrogens (tertiary/aromatic N) is 2. The van der Waals surface area contributed by atoms with Gasteiger partial charge in [0.2, 0.25) is 0 Å². The van der Waals surface area contributed by atoms with Crippen molar-refractivity contribution in [1.29, 1.82) is 0 Å². The highest BCUT2D eigenvalue weighted by atomic mass is 35.5. The molecule has 0 aliphatic carbocycles. The summed E-state index contributed by atoms with van der Waals surface area (Å²) >= 11 is 6.07. The van der Waals surface area contributed by atoms with Gasteiger partial charge in [0.1, 0.15) is 5.78 Å². The average Bonchev–Trinajstić information content (AvgIpc) is 2.62. The first kappa shape index (κ1) is 17.8. The van der Waals surface area contributed by atoms with E-state index in [0.29, 0.717) is 31.5 Å². The van der Waals surface area contributed by atoms with E-state index in [9.17, 15) is 4.79 Å². The molecule has 2 fully saturated rings. The molecule has 2 saturated heterocycles. The van der Waals surface area contributed by atoms with Crippen molar-refractivity contribution in [3.8, 4) is 0 Å². The van der Waals surface area contributed by atoms with Crippen LogP contribution in [0.5, 0.6) is 0 Å². The SMILES string of the molecule is CC(=O)[C@@H]([C@@H](c1ccc(Cl)cc1)N1CCOCC1)N1CCOCC1. The van der Waals surface area contributed by atoms with Crippen molar-refractivity contribution in [3.05, 3.63) is 34.9 Å². The van der Waals surface area contributed by atoms with Gasteiger partial charge in [0.15, 0.2) is 0 Å². The van der Waals surface area contributed by atoms with Gasteiger partial charge in [0.05, 0.1) is 38.5 Å². The first-order valence-corrected chi connectivity index (χ1v) is 8.94. The lowest BCUT2D eigenvalue weighted by Gasteiger charge is -2.43. The number of hydrogen-bond acceptors (Lipinski definition) is 5. The van der Waals surface area contributed by atoms with Crippen molar-refractivity contribution in [1.82, 2.24) is 9.80 Å². The monoisotopic (exact) mass is 352 g/mol. The van der Waals surface area contributed by atoms with E-state index in [1.807, 2.05) is 24.3 Å². The van der Waals surface area contributed by atoms with Crippen LogP contribution < -0.4 is 0 Å². The smallest absolute Gasteiger partial charge is 0.148 e. The maximum atomic E-state index is 12.6. The van der Waals surface area contributed by atoms with Crippen LogP contribution >= 0.6 is 11.6 Å². The van der Waals surface area contributed by atoms with Crippen molar-refractivity contribution in [2.75, 3.05) is 52.6 Å². The lowest BCUT2D eigenvalue weighted by molar-refractivity contribution is -0.128. The zero-order valence-electron chi connectivity index (χ0n) is 14.1. The van der Waals surface area contributed by atoms with Gasteiger partial charge in [-0.3, -0.25) is 14.6 Å². The Balaban J connectivity index is 1.93. The van der Waals surface area contributed by atoms with Gasteiger partial charge >= 0.3 is 0 Å². The third-order valence-corrected chi connectivity index (χ3v) is 5.06. The van der Waals surface area contributed by atoms with E-state index in [1.165, 1.54) is 0 Å². The standard InChI is InChI=1S/C18H25ClN2O3/c1-14(22)17(20-6-10-23-11-7-20)18(21-8-12-24-13-9-21)15-2-4-16(19)5-3-15/h2-5,17-18H,6-13H2,1H3/t17-,18+/m0/s1. The second-order valence-electron chi connectivity index (χ2n) is 6.35. The second-order valence-corrected chi connectivity index (χ2v) is 6.78. The molecule has 24 heavy (non-hydrogen) atoms. The number of benzene rings is 1. The Hall–Kier alpha value is -0.980. The Morgan fingerprint density at radius 1 is 0.958 bits per heavy atom. The summed E-state index contributed by atoms with van der Waals surface area (Å²) in [4.78, 5) is 17.2. The average molecular weight is 353 g/mol. The molecule has 6 heteroatoms. The predicted molar refractivity (Wildman–Crippen MR) is 93.4 cm³/mol. The van der Waals surface area contributed by atoms with Crippen molar-refractivity contribution >= 4 is 17.4 Å². The van der Waals surface area contributed by atoms with E-state index in [4.69, 9.17) is 21.1 Å². The first-order valence-electron chi connectivity index (χ1n) is 8.56. The van der Waals surface area contributed by atoms with E-state index in [0.717, 1.165) is 31.7 Å². The fourth-order valence-corrected chi connectivity index (χ4v) is 3.77. The molecule has 0 unspecified atom stereocenters. The Labute approximate surface area is 148 Å². The molecule has 132 valence electrons. The van der Waals surface area contributed by atoms with Crippen molar-refractivity contribution in [2.24, 2.45) is 0 Å². The van der Waals surface area contributed by atoms with Gasteiger partial charge < -0.3 is 9.47 Å².